The van der Waals surface area contributed by atoms with E-state index in [1.165, 1.54) is 60.5 Å². The number of benzene rings is 9. The fraction of sp³-hybridized carbons (Fsp3) is 0.0156. The lowest BCUT2D eigenvalue weighted by atomic mass is 9.93. The number of hydrogen-bond donors (Lipinski definition) is 1. The van der Waals surface area contributed by atoms with Crippen LogP contribution in [0.2, 0.25) is 0 Å². The van der Waals surface area contributed by atoms with Crippen molar-refractivity contribution in [3.63, 3.8) is 0 Å². The molecule has 12 aromatic rings. The van der Waals surface area contributed by atoms with Crippen molar-refractivity contribution < 1.29 is 0 Å². The molecule has 4 nitrogen and oxygen atoms in total. The van der Waals surface area contributed by atoms with Gasteiger partial charge in [-0.2, -0.15) is 0 Å². The summed E-state index contributed by atoms with van der Waals surface area (Å²) in [6, 6.07) is 85.0. The van der Waals surface area contributed by atoms with E-state index in [0.29, 0.717) is 0 Å². The third-order valence-corrected chi connectivity index (χ3v) is 13.5. The molecule has 0 fully saturated rings. The molecule has 4 heterocycles. The van der Waals surface area contributed by atoms with Gasteiger partial charge >= 0.3 is 0 Å². The molecule has 0 spiro atoms. The number of nitrogens with one attached hydrogen (secondary N) is 1. The second kappa shape index (κ2) is 17.8. The number of para-hydroxylation sites is 2. The molecule has 5 heteroatoms. The molecule has 0 saturated heterocycles. The van der Waals surface area contributed by atoms with E-state index in [1.54, 1.807) is 0 Å². The first-order valence-electron chi connectivity index (χ1n) is 23.3. The van der Waals surface area contributed by atoms with Crippen molar-refractivity contribution in [2.75, 3.05) is 0 Å². The standard InChI is InChI=1S/C64H44N4.HI/c1-5-19-43(20-6-1)47-37-48(44-21-7-2-8-22-44)40-51(39-47)56-29-17-33-61(65-56)67-59-32-16-14-28-55(59)63-60(67)36-35-54-53-27-13-15-31-58(53)68(64(54)63)62-34-18-30-57(66-62)52-41-49(45-23-9-3-10-24-45)38-50(42-52)46-25-11-4-12-26-46;/h1-42,57,66H;1H. The Kier molecular flexibility index (Phi) is 10.8. The van der Waals surface area contributed by atoms with Gasteiger partial charge in [-0.25, -0.2) is 4.98 Å². The molecular formula is C64H45IN4. The Bertz CT molecular complexity index is 3810. The highest BCUT2D eigenvalue weighted by Crippen LogP contribution is 2.43. The second-order valence-corrected chi connectivity index (χ2v) is 17.6. The lowest BCUT2D eigenvalue weighted by Gasteiger charge is -2.25. The molecule has 1 N–H and O–H groups in total. The van der Waals surface area contributed by atoms with Gasteiger partial charge in [-0.3, -0.25) is 9.13 Å². The molecule has 0 aliphatic carbocycles. The summed E-state index contributed by atoms with van der Waals surface area (Å²) in [5.41, 5.74) is 17.1. The van der Waals surface area contributed by atoms with Crippen molar-refractivity contribution in [1.82, 2.24) is 19.4 Å². The minimum absolute atomic E-state index is 0. The number of aromatic nitrogens is 3. The van der Waals surface area contributed by atoms with E-state index in [4.69, 9.17) is 4.98 Å². The van der Waals surface area contributed by atoms with Gasteiger partial charge in [0.1, 0.15) is 11.6 Å². The van der Waals surface area contributed by atoms with Crippen molar-refractivity contribution in [3.8, 4) is 61.6 Å². The maximum Gasteiger partial charge on any atom is 0.138 e. The average Bonchev–Trinajstić information content (AvgIpc) is 3.95. The predicted octanol–water partition coefficient (Wildman–Crippen LogP) is 16.9. The van der Waals surface area contributed by atoms with Gasteiger partial charge in [0.15, 0.2) is 0 Å². The normalized spacial score (nSPS) is 13.4. The molecule has 1 atom stereocenters. The van der Waals surface area contributed by atoms with Crippen LogP contribution in [0.25, 0.3) is 111 Å². The van der Waals surface area contributed by atoms with Crippen LogP contribution in [0.3, 0.4) is 0 Å². The Morgan fingerprint density at radius 1 is 0.377 bits per heavy atom. The van der Waals surface area contributed by atoms with Crippen LogP contribution >= 0.6 is 24.0 Å². The van der Waals surface area contributed by atoms with Gasteiger partial charge in [0.05, 0.1) is 33.8 Å². The SMILES string of the molecule is C1=CC(c2cc(-c3ccccc3)cc(-c3ccccc3)c2)NC(n2c3ccccc3c3ccc4c(c5ccccc5n4-c4cccc(-c5cc(-c6ccccc6)cc(-c6ccccc6)c5)n4)c32)=C1.I. The van der Waals surface area contributed by atoms with E-state index in [9.17, 15) is 0 Å². The molecule has 0 saturated carbocycles. The van der Waals surface area contributed by atoms with Crippen LogP contribution in [0.5, 0.6) is 0 Å². The van der Waals surface area contributed by atoms with E-state index in [-0.39, 0.29) is 30.0 Å². The van der Waals surface area contributed by atoms with Gasteiger partial charge < -0.3 is 5.32 Å². The Morgan fingerprint density at radius 3 is 1.45 bits per heavy atom. The monoisotopic (exact) mass is 996 g/mol. The smallest absolute Gasteiger partial charge is 0.138 e. The quantitative estimate of drug-likeness (QED) is 0.154. The van der Waals surface area contributed by atoms with Gasteiger partial charge in [0, 0.05) is 27.1 Å². The summed E-state index contributed by atoms with van der Waals surface area (Å²) in [6.45, 7) is 0. The van der Waals surface area contributed by atoms with Crippen molar-refractivity contribution in [1.29, 1.82) is 0 Å². The number of halogens is 1. The van der Waals surface area contributed by atoms with Crippen molar-refractivity contribution >= 4 is 73.4 Å². The Labute approximate surface area is 418 Å². The van der Waals surface area contributed by atoms with Gasteiger partial charge in [0.25, 0.3) is 0 Å². The van der Waals surface area contributed by atoms with E-state index < -0.39 is 0 Å². The second-order valence-electron chi connectivity index (χ2n) is 17.6. The topological polar surface area (TPSA) is 34.8 Å². The number of rotatable bonds is 8. The van der Waals surface area contributed by atoms with Crippen LogP contribution in [-0.2, 0) is 0 Å². The van der Waals surface area contributed by atoms with Crippen molar-refractivity contribution in [2.45, 2.75) is 6.04 Å². The number of fused-ring (bicyclic) bond motifs is 7. The summed E-state index contributed by atoms with van der Waals surface area (Å²) in [5, 5.41) is 8.81. The largest absolute Gasteiger partial charge is 0.361 e. The average molecular weight is 997 g/mol. The third-order valence-electron chi connectivity index (χ3n) is 13.5. The molecule has 0 radical (unpaired) electrons. The van der Waals surface area contributed by atoms with E-state index in [2.05, 4.69) is 269 Å². The molecule has 328 valence electrons. The highest BCUT2D eigenvalue weighted by molar-refractivity contribution is 14.0. The molecule has 13 rings (SSSR count). The number of pyridine rings is 1. The van der Waals surface area contributed by atoms with Gasteiger partial charge in [-0.15, -0.1) is 24.0 Å². The van der Waals surface area contributed by atoms with Crippen LogP contribution in [0.1, 0.15) is 11.6 Å². The zero-order chi connectivity index (χ0) is 45.0. The highest BCUT2D eigenvalue weighted by atomic mass is 127. The molecule has 69 heavy (non-hydrogen) atoms. The van der Waals surface area contributed by atoms with Crippen LogP contribution < -0.4 is 5.32 Å². The molecule has 1 aliphatic rings. The predicted molar refractivity (Wildman–Crippen MR) is 300 cm³/mol. The number of hydrogen-bond acceptors (Lipinski definition) is 2. The number of nitrogens with zero attached hydrogens (tertiary/aromatic N) is 3. The van der Waals surface area contributed by atoms with Gasteiger partial charge in [0.2, 0.25) is 0 Å². The first kappa shape index (κ1) is 42.1. The van der Waals surface area contributed by atoms with Crippen molar-refractivity contribution in [2.24, 2.45) is 0 Å². The van der Waals surface area contributed by atoms with Crippen LogP contribution in [0.15, 0.2) is 255 Å². The van der Waals surface area contributed by atoms with Crippen LogP contribution in [0.4, 0.5) is 0 Å². The van der Waals surface area contributed by atoms with Crippen LogP contribution in [-0.4, -0.2) is 14.1 Å². The summed E-state index contributed by atoms with van der Waals surface area (Å²) in [7, 11) is 0. The lowest BCUT2D eigenvalue weighted by Crippen LogP contribution is -2.24. The maximum absolute atomic E-state index is 5.52. The third kappa shape index (κ3) is 7.52. The van der Waals surface area contributed by atoms with Gasteiger partial charge in [-0.1, -0.05) is 182 Å². The summed E-state index contributed by atoms with van der Waals surface area (Å²) >= 11 is 0. The first-order valence-corrected chi connectivity index (χ1v) is 23.3. The van der Waals surface area contributed by atoms with Gasteiger partial charge in [-0.05, 0) is 123 Å². The van der Waals surface area contributed by atoms with E-state index in [0.717, 1.165) is 56.1 Å². The Morgan fingerprint density at radius 2 is 0.870 bits per heavy atom. The van der Waals surface area contributed by atoms with E-state index >= 15 is 0 Å². The molecule has 1 aliphatic heterocycles. The molecule has 1 unspecified atom stereocenters. The van der Waals surface area contributed by atoms with Crippen LogP contribution in [0, 0.1) is 0 Å². The first-order chi connectivity index (χ1) is 33.7. The van der Waals surface area contributed by atoms with Crippen molar-refractivity contribution in [3.05, 3.63) is 260 Å². The zero-order valence-electron chi connectivity index (χ0n) is 37.6. The summed E-state index contributed by atoms with van der Waals surface area (Å²) in [4.78, 5) is 5.52. The minimum atomic E-state index is -0.0763. The fourth-order valence-electron chi connectivity index (χ4n) is 10.4. The number of allylic oxidation sites excluding steroid dienone is 2. The highest BCUT2D eigenvalue weighted by Gasteiger charge is 2.24. The zero-order valence-corrected chi connectivity index (χ0v) is 39.9. The Hall–Kier alpha value is -8.26. The lowest BCUT2D eigenvalue weighted by molar-refractivity contribution is 0.737. The molecule has 0 amide bonds. The molecule has 3 aromatic heterocycles. The summed E-state index contributed by atoms with van der Waals surface area (Å²) in [5.74, 6) is 1.89. The summed E-state index contributed by atoms with van der Waals surface area (Å²) < 4.78 is 4.80. The Balaban J connectivity index is 0.00000492. The number of dihydropyridines is 1. The molecular weight excluding hydrogens is 952 g/mol. The minimum Gasteiger partial charge on any atom is -0.361 e. The maximum atomic E-state index is 5.52. The molecule has 0 bridgehead atoms. The fourth-order valence-corrected chi connectivity index (χ4v) is 10.4. The van der Waals surface area contributed by atoms with E-state index in [1.807, 2.05) is 0 Å². The molecule has 9 aromatic carbocycles. The summed E-state index contributed by atoms with van der Waals surface area (Å²) in [6.07, 6.45) is 6.70.